The quantitative estimate of drug-likeness (QED) is 0.129. The van der Waals surface area contributed by atoms with Crippen LogP contribution in [0.25, 0.3) is 146 Å². The Balaban J connectivity index is 0.608. The smallest absolute Gasteiger partial charge is 0.160 e. The van der Waals surface area contributed by atoms with Crippen LogP contribution in [0.1, 0.15) is 44.5 Å². The highest BCUT2D eigenvalue weighted by atomic mass is 16.5. The minimum Gasteiger partial charge on any atom is -0.457 e. The van der Waals surface area contributed by atoms with E-state index >= 15 is 0 Å². The monoisotopic (exact) mass is 1430 g/mol. The third-order valence-corrected chi connectivity index (χ3v) is 23.4. The molecule has 522 valence electrons. The molecule has 2 spiro atoms. The van der Waals surface area contributed by atoms with Crippen molar-refractivity contribution < 1.29 is 9.47 Å². The maximum absolute atomic E-state index is 6.98. The summed E-state index contributed by atoms with van der Waals surface area (Å²) < 4.78 is 14.0. The van der Waals surface area contributed by atoms with Gasteiger partial charge in [0.2, 0.25) is 0 Å². The van der Waals surface area contributed by atoms with Gasteiger partial charge in [-0.05, 0) is 143 Å². The average Bonchev–Trinajstić information content (AvgIpc) is 1.52. The molecule has 6 nitrogen and oxygen atoms in total. The van der Waals surface area contributed by atoms with Gasteiger partial charge in [-0.15, -0.1) is 0 Å². The Kier molecular flexibility index (Phi) is 15.0. The SMILES string of the molecule is c1ccc(-c2cc(-c3ccc(-c4ccccc4-c4ccc5c(c4)Oc4ccccc4C54c5ccccc5-c5ccccc54)cc3)nc(-c3ccc(-c4ccc(-c5cc(-c6ccccc6)nc(-c6ccccc6)n5)c(-c5ccc(-c6ccc7c(c6)Oc6ccccc6C76c7ccccc7-c7ccccc76)cc5)c4)cc3)n2)cc1. The van der Waals surface area contributed by atoms with E-state index in [1.165, 1.54) is 44.5 Å². The van der Waals surface area contributed by atoms with Gasteiger partial charge in [0.25, 0.3) is 0 Å². The van der Waals surface area contributed by atoms with E-state index in [9.17, 15) is 0 Å². The van der Waals surface area contributed by atoms with E-state index in [4.69, 9.17) is 29.4 Å². The number of nitrogens with zero attached hydrogens (tertiary/aromatic N) is 4. The molecule has 4 heterocycles. The molecular formula is C106H66N4O2. The Morgan fingerprint density at radius 3 is 0.911 bits per heavy atom. The Labute approximate surface area is 649 Å². The van der Waals surface area contributed by atoms with Gasteiger partial charge in [-0.1, -0.05) is 358 Å². The highest BCUT2D eigenvalue weighted by Crippen LogP contribution is 2.64. The molecule has 4 aliphatic rings. The molecule has 0 N–H and O–H groups in total. The highest BCUT2D eigenvalue weighted by Gasteiger charge is 2.53. The van der Waals surface area contributed by atoms with Gasteiger partial charge < -0.3 is 9.47 Å². The van der Waals surface area contributed by atoms with Crippen LogP contribution >= 0.6 is 0 Å². The van der Waals surface area contributed by atoms with Crippen molar-refractivity contribution >= 4 is 0 Å². The van der Waals surface area contributed by atoms with Gasteiger partial charge >= 0.3 is 0 Å². The summed E-state index contributed by atoms with van der Waals surface area (Å²) in [6, 6.07) is 143. The van der Waals surface area contributed by atoms with E-state index in [1.807, 2.05) is 30.3 Å². The zero-order chi connectivity index (χ0) is 73.9. The maximum atomic E-state index is 6.98. The van der Waals surface area contributed by atoms with E-state index in [0.29, 0.717) is 11.6 Å². The fraction of sp³-hybridized carbons (Fsp3) is 0.0189. The molecule has 22 rings (SSSR count). The lowest BCUT2D eigenvalue weighted by atomic mass is 9.66. The van der Waals surface area contributed by atoms with Gasteiger partial charge in [-0.25, -0.2) is 19.9 Å². The molecular weight excluding hydrogens is 1360 g/mol. The van der Waals surface area contributed by atoms with Crippen LogP contribution in [-0.4, -0.2) is 19.9 Å². The second-order valence-corrected chi connectivity index (χ2v) is 29.4. The first-order valence-corrected chi connectivity index (χ1v) is 38.2. The van der Waals surface area contributed by atoms with E-state index < -0.39 is 10.8 Å². The van der Waals surface area contributed by atoms with E-state index in [-0.39, 0.29) is 0 Å². The second-order valence-electron chi connectivity index (χ2n) is 29.4. The third-order valence-electron chi connectivity index (χ3n) is 23.4. The zero-order valence-electron chi connectivity index (χ0n) is 60.7. The van der Waals surface area contributed by atoms with Crippen molar-refractivity contribution in [3.05, 3.63) is 445 Å². The minimum absolute atomic E-state index is 0.532. The molecule has 2 aliphatic carbocycles. The predicted molar refractivity (Wildman–Crippen MR) is 452 cm³/mol. The molecule has 0 atom stereocenters. The van der Waals surface area contributed by atoms with Crippen molar-refractivity contribution in [3.8, 4) is 169 Å². The van der Waals surface area contributed by atoms with Gasteiger partial charge in [-0.2, -0.15) is 0 Å². The molecule has 0 saturated carbocycles. The van der Waals surface area contributed by atoms with Crippen molar-refractivity contribution in [2.75, 3.05) is 0 Å². The molecule has 0 radical (unpaired) electrons. The van der Waals surface area contributed by atoms with Crippen LogP contribution in [0.3, 0.4) is 0 Å². The molecule has 0 fully saturated rings. The van der Waals surface area contributed by atoms with Crippen LogP contribution in [0.4, 0.5) is 0 Å². The highest BCUT2D eigenvalue weighted by molar-refractivity contribution is 5.94. The van der Waals surface area contributed by atoms with Gasteiger partial charge in [-0.3, -0.25) is 0 Å². The lowest BCUT2D eigenvalue weighted by Crippen LogP contribution is -2.32. The summed E-state index contributed by atoms with van der Waals surface area (Å²) in [5.74, 6) is 4.73. The van der Waals surface area contributed by atoms with Crippen LogP contribution in [-0.2, 0) is 10.8 Å². The fourth-order valence-electron chi connectivity index (χ4n) is 18.3. The number of aromatic nitrogens is 4. The van der Waals surface area contributed by atoms with Gasteiger partial charge in [0.05, 0.1) is 33.6 Å². The zero-order valence-corrected chi connectivity index (χ0v) is 60.7. The summed E-state index contributed by atoms with van der Waals surface area (Å²) in [6.45, 7) is 0. The molecule has 0 saturated heterocycles. The Hall–Kier alpha value is -14.7. The number of hydrogen-bond donors (Lipinski definition) is 0. The van der Waals surface area contributed by atoms with E-state index in [0.717, 1.165) is 157 Å². The first kappa shape index (κ1) is 64.5. The lowest BCUT2D eigenvalue weighted by Gasteiger charge is -2.39. The lowest BCUT2D eigenvalue weighted by molar-refractivity contribution is 0.436. The Bertz CT molecular complexity index is 6650. The summed E-state index contributed by atoms with van der Waals surface area (Å²) in [5.41, 5.74) is 33.5. The largest absolute Gasteiger partial charge is 0.457 e. The van der Waals surface area contributed by atoms with Crippen molar-refractivity contribution in [1.29, 1.82) is 0 Å². The van der Waals surface area contributed by atoms with Gasteiger partial charge in [0.15, 0.2) is 11.6 Å². The van der Waals surface area contributed by atoms with Crippen molar-refractivity contribution in [1.82, 2.24) is 19.9 Å². The van der Waals surface area contributed by atoms with Crippen LogP contribution in [0.5, 0.6) is 23.0 Å². The average molecular weight is 1430 g/mol. The van der Waals surface area contributed by atoms with Crippen LogP contribution in [0.2, 0.25) is 0 Å². The molecule has 18 aromatic rings. The van der Waals surface area contributed by atoms with Crippen LogP contribution in [0, 0.1) is 0 Å². The second kappa shape index (κ2) is 26.0. The number of hydrogen-bond acceptors (Lipinski definition) is 6. The summed E-state index contributed by atoms with van der Waals surface area (Å²) in [4.78, 5) is 21.3. The number of ether oxygens (including phenoxy) is 2. The fourth-order valence-corrected chi connectivity index (χ4v) is 18.3. The van der Waals surface area contributed by atoms with Gasteiger partial charge in [0.1, 0.15) is 23.0 Å². The molecule has 0 bridgehead atoms. The maximum Gasteiger partial charge on any atom is 0.160 e. The van der Waals surface area contributed by atoms with Crippen molar-refractivity contribution in [2.45, 2.75) is 10.8 Å². The third kappa shape index (κ3) is 10.3. The first-order valence-electron chi connectivity index (χ1n) is 38.2. The summed E-state index contributed by atoms with van der Waals surface area (Å²) in [6.07, 6.45) is 0. The standard InChI is InChI=1S/C106H66N4O2/c1-4-24-71(25-5-1)95-65-96(73-52-50-69(51-53-73)79-30-10-11-31-80(79)78-58-61-94-102(64-78)112-100-43-23-21-41-92(100)106(94)89-38-18-14-34-83(89)84-35-15-19-39-90(84)106)108-104(107-95)75-54-46-67(47-55-75)76-56-59-85(98-66-97(72-26-6-2-7-27-72)109-103(110-98)74-28-8-3-9-29-74)86(62-76)70-48-44-68(45-49-70)77-57-60-93-101(63-77)111-99-42-22-20-40-91(99)105(93)87-36-16-12-32-81(87)82-33-13-17-37-88(82)105/h1-66H. The minimum atomic E-state index is -0.541. The topological polar surface area (TPSA) is 70.0 Å². The summed E-state index contributed by atoms with van der Waals surface area (Å²) in [5, 5.41) is 0. The van der Waals surface area contributed by atoms with Crippen LogP contribution in [0.15, 0.2) is 400 Å². The molecule has 0 amide bonds. The molecule has 16 aromatic carbocycles. The Morgan fingerprint density at radius 2 is 0.438 bits per heavy atom. The number of benzene rings is 16. The predicted octanol–water partition coefficient (Wildman–Crippen LogP) is 26.5. The first-order chi connectivity index (χ1) is 55.5. The van der Waals surface area contributed by atoms with E-state index in [2.05, 4.69) is 370 Å². The Morgan fingerprint density at radius 1 is 0.152 bits per heavy atom. The molecule has 2 aromatic heterocycles. The van der Waals surface area contributed by atoms with Crippen LogP contribution < -0.4 is 9.47 Å². The normalized spacial score (nSPS) is 13.1. The molecule has 6 heteroatoms. The number of fused-ring (bicyclic) bond motifs is 18. The number of rotatable bonds is 11. The van der Waals surface area contributed by atoms with Crippen molar-refractivity contribution in [3.63, 3.8) is 0 Å². The van der Waals surface area contributed by atoms with E-state index in [1.54, 1.807) is 0 Å². The molecule has 2 aliphatic heterocycles. The summed E-state index contributed by atoms with van der Waals surface area (Å²) >= 11 is 0. The summed E-state index contributed by atoms with van der Waals surface area (Å²) in [7, 11) is 0. The molecule has 0 unspecified atom stereocenters. The van der Waals surface area contributed by atoms with Gasteiger partial charge in [0, 0.05) is 55.6 Å². The number of para-hydroxylation sites is 2. The molecule has 112 heavy (non-hydrogen) atoms. The van der Waals surface area contributed by atoms with Crippen molar-refractivity contribution in [2.24, 2.45) is 0 Å².